The highest BCUT2D eigenvalue weighted by molar-refractivity contribution is 5.93. The molecule has 1 aromatic heterocycles. The Kier molecular flexibility index (Phi) is 6.06. The van der Waals surface area contributed by atoms with E-state index in [0.29, 0.717) is 11.6 Å². The third kappa shape index (κ3) is 4.44. The van der Waals surface area contributed by atoms with Crippen molar-refractivity contribution in [2.24, 2.45) is 11.8 Å². The van der Waals surface area contributed by atoms with Gasteiger partial charge in [-0.3, -0.25) is 9.78 Å². The molecule has 1 amide bonds. The molecule has 2 aromatic rings. The molecule has 3 heterocycles. The largest absolute Gasteiger partial charge is 0.337 e. The van der Waals surface area contributed by atoms with Gasteiger partial charge in [0.1, 0.15) is 5.69 Å². The molecule has 4 nitrogen and oxygen atoms in total. The molecular weight excluding hydrogens is 346 g/mol. The summed E-state index contributed by atoms with van der Waals surface area (Å²) in [5.41, 5.74) is 3.03. The maximum absolute atomic E-state index is 12.8. The van der Waals surface area contributed by atoms with Crippen LogP contribution in [-0.4, -0.2) is 53.4 Å². The van der Waals surface area contributed by atoms with E-state index in [9.17, 15) is 4.79 Å². The number of carbonyl (C=O) groups is 1. The fraction of sp³-hybridized carbons (Fsp3) is 0.500. The third-order valence-corrected chi connectivity index (χ3v) is 6.58. The monoisotopic (exact) mass is 377 g/mol. The molecule has 2 aliphatic heterocycles. The van der Waals surface area contributed by atoms with Crippen LogP contribution < -0.4 is 0 Å². The number of carbonyl (C=O) groups excluding carboxylic acids is 1. The Balaban J connectivity index is 1.24. The minimum absolute atomic E-state index is 0.112. The van der Waals surface area contributed by atoms with Gasteiger partial charge in [-0.25, -0.2) is 0 Å². The van der Waals surface area contributed by atoms with Gasteiger partial charge in [0.15, 0.2) is 0 Å². The third-order valence-electron chi connectivity index (χ3n) is 6.58. The Morgan fingerprint density at radius 1 is 1.00 bits per heavy atom. The van der Waals surface area contributed by atoms with Crippen molar-refractivity contribution >= 4 is 5.91 Å². The lowest BCUT2D eigenvalue weighted by atomic mass is 9.83. The number of nitrogens with zero attached hydrogens (tertiary/aromatic N) is 3. The van der Waals surface area contributed by atoms with Crippen LogP contribution in [0.15, 0.2) is 48.7 Å². The summed E-state index contributed by atoms with van der Waals surface area (Å²) in [6.07, 6.45) is 6.54. The summed E-state index contributed by atoms with van der Waals surface area (Å²) in [4.78, 5) is 21.8. The lowest BCUT2D eigenvalue weighted by molar-refractivity contribution is 0.0767. The van der Waals surface area contributed by atoms with Crippen LogP contribution in [0.3, 0.4) is 0 Å². The zero-order chi connectivity index (χ0) is 19.3. The normalized spacial score (nSPS) is 21.2. The Hall–Kier alpha value is -2.20. The van der Waals surface area contributed by atoms with Crippen LogP contribution >= 0.6 is 0 Å². The summed E-state index contributed by atoms with van der Waals surface area (Å²) < 4.78 is 0. The number of aryl methyl sites for hydroxylation is 1. The number of likely N-dealkylation sites (tertiary alicyclic amines) is 2. The van der Waals surface area contributed by atoms with Crippen molar-refractivity contribution in [3.63, 3.8) is 0 Å². The molecule has 1 aromatic carbocycles. The number of aromatic nitrogens is 1. The molecule has 4 rings (SSSR count). The van der Waals surface area contributed by atoms with Crippen molar-refractivity contribution in [1.82, 2.24) is 14.8 Å². The van der Waals surface area contributed by atoms with E-state index >= 15 is 0 Å². The van der Waals surface area contributed by atoms with E-state index in [-0.39, 0.29) is 5.91 Å². The minimum atomic E-state index is 0.112. The summed E-state index contributed by atoms with van der Waals surface area (Å²) >= 11 is 0. The first-order valence-electron chi connectivity index (χ1n) is 10.7. The predicted octanol–water partition coefficient (Wildman–Crippen LogP) is 3.81. The van der Waals surface area contributed by atoms with E-state index in [1.165, 1.54) is 31.5 Å². The number of hydrogen-bond acceptors (Lipinski definition) is 3. The minimum Gasteiger partial charge on any atom is -0.337 e. The second-order valence-electron chi connectivity index (χ2n) is 8.38. The van der Waals surface area contributed by atoms with E-state index in [1.807, 2.05) is 24.0 Å². The lowest BCUT2D eigenvalue weighted by Crippen LogP contribution is -2.38. The summed E-state index contributed by atoms with van der Waals surface area (Å²) in [5.74, 6) is 1.53. The molecule has 0 radical (unpaired) electrons. The second kappa shape index (κ2) is 8.87. The van der Waals surface area contributed by atoms with Crippen molar-refractivity contribution in [2.45, 2.75) is 32.6 Å². The van der Waals surface area contributed by atoms with E-state index in [4.69, 9.17) is 0 Å². The van der Waals surface area contributed by atoms with Crippen molar-refractivity contribution in [3.05, 3.63) is 65.5 Å². The van der Waals surface area contributed by atoms with E-state index < -0.39 is 0 Å². The van der Waals surface area contributed by atoms with Crippen LogP contribution in [0.2, 0.25) is 0 Å². The molecule has 2 fully saturated rings. The van der Waals surface area contributed by atoms with Gasteiger partial charge in [-0.1, -0.05) is 36.4 Å². The van der Waals surface area contributed by atoms with Gasteiger partial charge in [0.05, 0.1) is 0 Å². The van der Waals surface area contributed by atoms with Gasteiger partial charge < -0.3 is 9.80 Å². The maximum Gasteiger partial charge on any atom is 0.272 e. The number of piperidine rings is 1. The molecule has 0 unspecified atom stereocenters. The van der Waals surface area contributed by atoms with Crippen LogP contribution in [0, 0.1) is 18.8 Å². The summed E-state index contributed by atoms with van der Waals surface area (Å²) in [5, 5.41) is 0. The molecule has 0 aliphatic carbocycles. The quantitative estimate of drug-likeness (QED) is 0.795. The fourth-order valence-electron chi connectivity index (χ4n) is 4.80. The molecule has 28 heavy (non-hydrogen) atoms. The number of pyridine rings is 1. The summed E-state index contributed by atoms with van der Waals surface area (Å²) in [6.45, 7) is 7.31. The first-order chi connectivity index (χ1) is 13.7. The average molecular weight is 378 g/mol. The van der Waals surface area contributed by atoms with E-state index in [2.05, 4.69) is 40.2 Å². The van der Waals surface area contributed by atoms with Crippen molar-refractivity contribution in [3.8, 4) is 0 Å². The van der Waals surface area contributed by atoms with Gasteiger partial charge in [-0.2, -0.15) is 0 Å². The molecule has 0 bridgehead atoms. The number of amides is 1. The molecule has 0 spiro atoms. The van der Waals surface area contributed by atoms with E-state index in [1.54, 1.807) is 6.20 Å². The Morgan fingerprint density at radius 3 is 2.50 bits per heavy atom. The number of benzene rings is 1. The number of rotatable bonds is 5. The van der Waals surface area contributed by atoms with Gasteiger partial charge in [-0.05, 0) is 74.7 Å². The Bertz CT molecular complexity index is 783. The van der Waals surface area contributed by atoms with Gasteiger partial charge in [0.25, 0.3) is 5.91 Å². The van der Waals surface area contributed by atoms with Gasteiger partial charge in [-0.15, -0.1) is 0 Å². The van der Waals surface area contributed by atoms with Crippen molar-refractivity contribution in [2.75, 3.05) is 32.7 Å². The molecule has 2 saturated heterocycles. The van der Waals surface area contributed by atoms with Crippen LogP contribution in [-0.2, 0) is 6.42 Å². The highest BCUT2D eigenvalue weighted by Crippen LogP contribution is 2.32. The molecule has 0 saturated carbocycles. The van der Waals surface area contributed by atoms with Crippen LogP contribution in [0.1, 0.15) is 40.9 Å². The van der Waals surface area contributed by atoms with Gasteiger partial charge in [0.2, 0.25) is 0 Å². The summed E-state index contributed by atoms with van der Waals surface area (Å²) in [6, 6.07) is 14.6. The SMILES string of the molecule is Cc1cccnc1C(=O)N1CC[C@H](C2CCN(CCc3ccccc3)CC2)C1. The first-order valence-corrected chi connectivity index (χ1v) is 10.7. The topological polar surface area (TPSA) is 36.4 Å². The zero-order valence-electron chi connectivity index (χ0n) is 16.9. The molecule has 1 atom stereocenters. The Morgan fingerprint density at radius 2 is 1.75 bits per heavy atom. The van der Waals surface area contributed by atoms with Crippen LogP contribution in [0.25, 0.3) is 0 Å². The van der Waals surface area contributed by atoms with Crippen LogP contribution in [0.4, 0.5) is 0 Å². The zero-order valence-corrected chi connectivity index (χ0v) is 16.9. The second-order valence-corrected chi connectivity index (χ2v) is 8.38. The lowest BCUT2D eigenvalue weighted by Gasteiger charge is -2.34. The molecular formula is C24H31N3O. The first kappa shape index (κ1) is 19.1. The van der Waals surface area contributed by atoms with Crippen molar-refractivity contribution < 1.29 is 4.79 Å². The smallest absolute Gasteiger partial charge is 0.272 e. The highest BCUT2D eigenvalue weighted by Gasteiger charge is 2.34. The van der Waals surface area contributed by atoms with Gasteiger partial charge >= 0.3 is 0 Å². The van der Waals surface area contributed by atoms with E-state index in [0.717, 1.165) is 44.0 Å². The number of hydrogen-bond donors (Lipinski definition) is 0. The standard InChI is InChI=1S/C24H31N3O/c1-19-6-5-13-25-23(19)24(28)27-17-12-22(18-27)21-10-15-26(16-11-21)14-9-20-7-3-2-4-8-20/h2-8,13,21-22H,9-12,14-18H2,1H3/t22-/m0/s1. The van der Waals surface area contributed by atoms with Gasteiger partial charge in [0, 0.05) is 25.8 Å². The van der Waals surface area contributed by atoms with Crippen molar-refractivity contribution in [1.29, 1.82) is 0 Å². The highest BCUT2D eigenvalue weighted by atomic mass is 16.2. The molecule has 2 aliphatic rings. The maximum atomic E-state index is 12.8. The molecule has 4 heteroatoms. The molecule has 148 valence electrons. The van der Waals surface area contributed by atoms with Crippen LogP contribution in [0.5, 0.6) is 0 Å². The summed E-state index contributed by atoms with van der Waals surface area (Å²) in [7, 11) is 0. The Labute approximate surface area is 168 Å². The fourth-order valence-corrected chi connectivity index (χ4v) is 4.80. The average Bonchev–Trinajstić information content (AvgIpc) is 3.23. The molecule has 0 N–H and O–H groups in total. The predicted molar refractivity (Wildman–Crippen MR) is 112 cm³/mol.